The first-order valence-electron chi connectivity index (χ1n) is 6.76. The Kier molecular flexibility index (Phi) is 4.06. The Morgan fingerprint density at radius 3 is 2.88 bits per heavy atom. The van der Waals surface area contributed by atoms with Gasteiger partial charge in [-0.15, -0.1) is 0 Å². The van der Waals surface area contributed by atoms with Gasteiger partial charge in [-0.2, -0.15) is 0 Å². The summed E-state index contributed by atoms with van der Waals surface area (Å²) < 4.78 is 5.74. The van der Waals surface area contributed by atoms with E-state index in [-0.39, 0.29) is 0 Å². The molecule has 0 aliphatic heterocycles. The van der Waals surface area contributed by atoms with E-state index >= 15 is 0 Å². The van der Waals surface area contributed by atoms with Gasteiger partial charge >= 0.3 is 0 Å². The lowest BCUT2D eigenvalue weighted by Gasteiger charge is -2.14. The first-order chi connectivity index (χ1) is 8.27. The predicted molar refractivity (Wildman–Crippen MR) is 71.7 cm³/mol. The standard InChI is InChI=1S/C15H23NO/c1-4-9-16-13-10-11(3)15-12(13)7-6-8-14(15)17-5-2/h6-8,11,13,16H,4-5,9-10H2,1-3H3. The molecule has 0 amide bonds. The zero-order valence-corrected chi connectivity index (χ0v) is 11.1. The van der Waals surface area contributed by atoms with E-state index in [4.69, 9.17) is 4.74 Å². The van der Waals surface area contributed by atoms with E-state index in [0.29, 0.717) is 12.0 Å². The molecule has 0 heterocycles. The highest BCUT2D eigenvalue weighted by Gasteiger charge is 2.30. The fraction of sp³-hybridized carbons (Fsp3) is 0.600. The Morgan fingerprint density at radius 2 is 2.18 bits per heavy atom. The van der Waals surface area contributed by atoms with Crippen molar-refractivity contribution >= 4 is 0 Å². The van der Waals surface area contributed by atoms with E-state index in [1.165, 1.54) is 24.0 Å². The Bertz CT molecular complexity index is 375. The minimum absolute atomic E-state index is 0.514. The lowest BCUT2D eigenvalue weighted by atomic mass is 10.0. The summed E-state index contributed by atoms with van der Waals surface area (Å²) in [6.07, 6.45) is 2.38. The number of hydrogen-bond donors (Lipinski definition) is 1. The molecular weight excluding hydrogens is 210 g/mol. The number of rotatable bonds is 5. The summed E-state index contributed by atoms with van der Waals surface area (Å²) in [5.74, 6) is 1.68. The number of ether oxygens (including phenoxy) is 1. The largest absolute Gasteiger partial charge is 0.494 e. The van der Waals surface area contributed by atoms with Gasteiger partial charge in [-0.1, -0.05) is 26.0 Å². The molecule has 0 fully saturated rings. The second-order valence-corrected chi connectivity index (χ2v) is 4.84. The lowest BCUT2D eigenvalue weighted by molar-refractivity contribution is 0.335. The van der Waals surface area contributed by atoms with Crippen molar-refractivity contribution in [1.82, 2.24) is 5.32 Å². The minimum Gasteiger partial charge on any atom is -0.494 e. The molecule has 2 atom stereocenters. The third-order valence-corrected chi connectivity index (χ3v) is 3.50. The second kappa shape index (κ2) is 5.54. The van der Waals surface area contributed by atoms with E-state index in [9.17, 15) is 0 Å². The fourth-order valence-electron chi connectivity index (χ4n) is 2.78. The van der Waals surface area contributed by atoms with E-state index < -0.39 is 0 Å². The molecule has 1 aliphatic rings. The molecule has 2 nitrogen and oxygen atoms in total. The van der Waals surface area contributed by atoms with Crippen molar-refractivity contribution in [3.63, 3.8) is 0 Å². The van der Waals surface area contributed by atoms with Gasteiger partial charge in [0.1, 0.15) is 5.75 Å². The fourth-order valence-corrected chi connectivity index (χ4v) is 2.78. The van der Waals surface area contributed by atoms with Crippen LogP contribution in [-0.4, -0.2) is 13.2 Å². The minimum atomic E-state index is 0.514. The van der Waals surface area contributed by atoms with E-state index in [1.807, 2.05) is 6.92 Å². The Labute approximate surface area is 104 Å². The molecule has 0 aromatic heterocycles. The topological polar surface area (TPSA) is 21.3 Å². The van der Waals surface area contributed by atoms with Crippen LogP contribution in [0.3, 0.4) is 0 Å². The van der Waals surface area contributed by atoms with E-state index in [2.05, 4.69) is 37.4 Å². The molecule has 2 unspecified atom stereocenters. The maximum Gasteiger partial charge on any atom is 0.123 e. The van der Waals surface area contributed by atoms with Crippen molar-refractivity contribution in [2.75, 3.05) is 13.2 Å². The van der Waals surface area contributed by atoms with Crippen LogP contribution in [0, 0.1) is 0 Å². The van der Waals surface area contributed by atoms with Crippen molar-refractivity contribution in [3.05, 3.63) is 29.3 Å². The van der Waals surface area contributed by atoms with Gasteiger partial charge in [0.25, 0.3) is 0 Å². The van der Waals surface area contributed by atoms with E-state index in [1.54, 1.807) is 0 Å². The van der Waals surface area contributed by atoms with Gasteiger partial charge in [0.2, 0.25) is 0 Å². The van der Waals surface area contributed by atoms with Crippen molar-refractivity contribution in [3.8, 4) is 5.75 Å². The van der Waals surface area contributed by atoms with Gasteiger partial charge in [0, 0.05) is 11.6 Å². The molecule has 0 bridgehead atoms. The van der Waals surface area contributed by atoms with Gasteiger partial charge in [-0.3, -0.25) is 0 Å². The molecule has 0 radical (unpaired) electrons. The van der Waals surface area contributed by atoms with Crippen LogP contribution in [0.1, 0.15) is 56.7 Å². The highest BCUT2D eigenvalue weighted by molar-refractivity contribution is 5.47. The molecule has 2 rings (SSSR count). The van der Waals surface area contributed by atoms with Crippen molar-refractivity contribution in [2.45, 2.75) is 45.6 Å². The highest BCUT2D eigenvalue weighted by Crippen LogP contribution is 2.44. The van der Waals surface area contributed by atoms with Crippen LogP contribution in [0.4, 0.5) is 0 Å². The molecule has 17 heavy (non-hydrogen) atoms. The Hall–Kier alpha value is -1.02. The zero-order chi connectivity index (χ0) is 12.3. The molecule has 1 aliphatic carbocycles. The average Bonchev–Trinajstić information content (AvgIpc) is 2.65. The number of fused-ring (bicyclic) bond motifs is 1. The van der Waals surface area contributed by atoms with Gasteiger partial charge in [-0.05, 0) is 43.9 Å². The third-order valence-electron chi connectivity index (χ3n) is 3.50. The molecule has 1 N–H and O–H groups in total. The summed E-state index contributed by atoms with van der Waals surface area (Å²) >= 11 is 0. The van der Waals surface area contributed by atoms with Crippen LogP contribution in [0.5, 0.6) is 5.75 Å². The summed E-state index contributed by atoms with van der Waals surface area (Å²) in [5.41, 5.74) is 2.86. The van der Waals surface area contributed by atoms with Crippen LogP contribution in [0.2, 0.25) is 0 Å². The van der Waals surface area contributed by atoms with Crippen LogP contribution in [0.25, 0.3) is 0 Å². The number of hydrogen-bond acceptors (Lipinski definition) is 2. The maximum atomic E-state index is 5.74. The maximum absolute atomic E-state index is 5.74. The third kappa shape index (κ3) is 2.47. The second-order valence-electron chi connectivity index (χ2n) is 4.84. The van der Waals surface area contributed by atoms with Crippen molar-refractivity contribution in [2.24, 2.45) is 0 Å². The summed E-state index contributed by atoms with van der Waals surface area (Å²) in [6.45, 7) is 8.40. The molecular formula is C15H23NO. The average molecular weight is 233 g/mol. The summed E-state index contributed by atoms with van der Waals surface area (Å²) in [4.78, 5) is 0. The Balaban J connectivity index is 2.25. The molecule has 1 aromatic carbocycles. The predicted octanol–water partition coefficient (Wildman–Crippen LogP) is 3.63. The van der Waals surface area contributed by atoms with Gasteiger partial charge in [0.05, 0.1) is 6.61 Å². The highest BCUT2D eigenvalue weighted by atomic mass is 16.5. The van der Waals surface area contributed by atoms with Gasteiger partial charge < -0.3 is 10.1 Å². The molecule has 0 spiro atoms. The lowest BCUT2D eigenvalue weighted by Crippen LogP contribution is -2.19. The van der Waals surface area contributed by atoms with Crippen LogP contribution in [-0.2, 0) is 0 Å². The van der Waals surface area contributed by atoms with Crippen molar-refractivity contribution < 1.29 is 4.74 Å². The first-order valence-corrected chi connectivity index (χ1v) is 6.76. The smallest absolute Gasteiger partial charge is 0.123 e. The Morgan fingerprint density at radius 1 is 1.35 bits per heavy atom. The van der Waals surface area contributed by atoms with Crippen LogP contribution >= 0.6 is 0 Å². The van der Waals surface area contributed by atoms with Crippen molar-refractivity contribution in [1.29, 1.82) is 0 Å². The molecule has 94 valence electrons. The van der Waals surface area contributed by atoms with E-state index in [0.717, 1.165) is 18.9 Å². The molecule has 2 heteroatoms. The normalized spacial score (nSPS) is 22.5. The quantitative estimate of drug-likeness (QED) is 0.838. The van der Waals surface area contributed by atoms with Gasteiger partial charge in [0.15, 0.2) is 0 Å². The SMILES string of the molecule is CCCNC1CC(C)c2c(OCC)cccc21. The summed E-state index contributed by atoms with van der Waals surface area (Å²) in [7, 11) is 0. The number of nitrogens with one attached hydrogen (secondary N) is 1. The molecule has 0 saturated carbocycles. The van der Waals surface area contributed by atoms with Crippen LogP contribution < -0.4 is 10.1 Å². The summed E-state index contributed by atoms with van der Waals surface area (Å²) in [6, 6.07) is 6.97. The monoisotopic (exact) mass is 233 g/mol. The number of benzene rings is 1. The first kappa shape index (κ1) is 12.4. The zero-order valence-electron chi connectivity index (χ0n) is 11.1. The molecule has 1 aromatic rings. The molecule has 0 saturated heterocycles. The van der Waals surface area contributed by atoms with Gasteiger partial charge in [-0.25, -0.2) is 0 Å². The van der Waals surface area contributed by atoms with Crippen LogP contribution in [0.15, 0.2) is 18.2 Å². The summed E-state index contributed by atoms with van der Waals surface area (Å²) in [5, 5.41) is 3.63.